The SMILES string of the molecule is C1CCOC1.CSCCC(N)(C(=O)O)C(=O)OCc1cccc2c1Cc1ccccc1-2. The number of thioether (sulfide) groups is 1. The Balaban J connectivity index is 0.000000478. The van der Waals surface area contributed by atoms with Crippen molar-refractivity contribution in [2.75, 3.05) is 25.2 Å². The van der Waals surface area contributed by atoms with E-state index in [2.05, 4.69) is 18.2 Å². The van der Waals surface area contributed by atoms with E-state index in [0.717, 1.165) is 36.3 Å². The van der Waals surface area contributed by atoms with Gasteiger partial charge in [0.2, 0.25) is 5.54 Å². The zero-order valence-electron chi connectivity index (χ0n) is 17.8. The van der Waals surface area contributed by atoms with E-state index < -0.39 is 17.5 Å². The number of carbonyl (C=O) groups is 2. The van der Waals surface area contributed by atoms with Gasteiger partial charge in [-0.15, -0.1) is 0 Å². The molecule has 2 aliphatic rings. The van der Waals surface area contributed by atoms with Crippen LogP contribution in [0.2, 0.25) is 0 Å². The second-order valence-electron chi connectivity index (χ2n) is 7.69. The van der Waals surface area contributed by atoms with Crippen LogP contribution in [0.1, 0.15) is 36.0 Å². The number of ether oxygens (including phenoxy) is 2. The topological polar surface area (TPSA) is 98.9 Å². The first-order chi connectivity index (χ1) is 15.0. The summed E-state index contributed by atoms with van der Waals surface area (Å²) in [5, 5.41) is 9.36. The number of hydrogen-bond donors (Lipinski definition) is 2. The molecule has 1 unspecified atom stereocenters. The van der Waals surface area contributed by atoms with Crippen LogP contribution in [0.3, 0.4) is 0 Å². The fourth-order valence-electron chi connectivity index (χ4n) is 3.70. The van der Waals surface area contributed by atoms with E-state index >= 15 is 0 Å². The van der Waals surface area contributed by atoms with Crippen LogP contribution in [0.15, 0.2) is 42.5 Å². The van der Waals surface area contributed by atoms with Crippen molar-refractivity contribution in [2.45, 2.75) is 37.8 Å². The highest BCUT2D eigenvalue weighted by molar-refractivity contribution is 7.98. The molecular formula is C24H29NO5S. The molecule has 2 aromatic carbocycles. The molecule has 1 aliphatic carbocycles. The Morgan fingerprint density at radius 2 is 1.84 bits per heavy atom. The van der Waals surface area contributed by atoms with Gasteiger partial charge < -0.3 is 20.3 Å². The van der Waals surface area contributed by atoms with Crippen molar-refractivity contribution in [1.29, 1.82) is 0 Å². The van der Waals surface area contributed by atoms with Crippen molar-refractivity contribution in [3.05, 3.63) is 59.2 Å². The molecule has 0 radical (unpaired) electrons. The van der Waals surface area contributed by atoms with Gasteiger partial charge in [0, 0.05) is 13.2 Å². The summed E-state index contributed by atoms with van der Waals surface area (Å²) in [4.78, 5) is 23.8. The molecule has 166 valence electrons. The number of carboxylic acid groups (broad SMARTS) is 1. The van der Waals surface area contributed by atoms with Crippen molar-refractivity contribution in [3.63, 3.8) is 0 Å². The largest absolute Gasteiger partial charge is 0.479 e. The third-order valence-electron chi connectivity index (χ3n) is 5.58. The molecule has 3 N–H and O–H groups in total. The quantitative estimate of drug-likeness (QED) is 0.425. The van der Waals surface area contributed by atoms with Gasteiger partial charge in [-0.1, -0.05) is 42.5 Å². The number of nitrogens with two attached hydrogens (primary N) is 1. The molecule has 1 atom stereocenters. The summed E-state index contributed by atoms with van der Waals surface area (Å²) in [5.74, 6) is -1.79. The van der Waals surface area contributed by atoms with Gasteiger partial charge in [-0.2, -0.15) is 11.8 Å². The highest BCUT2D eigenvalue weighted by Gasteiger charge is 2.43. The number of rotatable bonds is 7. The van der Waals surface area contributed by atoms with E-state index in [0.29, 0.717) is 5.75 Å². The summed E-state index contributed by atoms with van der Waals surface area (Å²) in [6.45, 7) is 2.02. The van der Waals surface area contributed by atoms with E-state index in [1.807, 2.05) is 30.5 Å². The van der Waals surface area contributed by atoms with Crippen LogP contribution < -0.4 is 5.73 Å². The molecule has 0 saturated carbocycles. The van der Waals surface area contributed by atoms with Crippen LogP contribution in [-0.2, 0) is 32.1 Å². The van der Waals surface area contributed by atoms with Gasteiger partial charge in [-0.3, -0.25) is 0 Å². The van der Waals surface area contributed by atoms with Gasteiger partial charge in [0.1, 0.15) is 6.61 Å². The molecule has 1 aliphatic heterocycles. The third-order valence-corrected chi connectivity index (χ3v) is 6.19. The normalized spacial score (nSPS) is 15.8. The molecular weight excluding hydrogens is 414 g/mol. The second kappa shape index (κ2) is 10.8. The molecule has 7 heteroatoms. The molecule has 31 heavy (non-hydrogen) atoms. The van der Waals surface area contributed by atoms with Crippen LogP contribution in [-0.4, -0.2) is 47.8 Å². The maximum Gasteiger partial charge on any atom is 0.338 e. The predicted octanol–water partition coefficient (Wildman–Crippen LogP) is 3.63. The molecule has 2 aromatic rings. The highest BCUT2D eigenvalue weighted by Crippen LogP contribution is 2.38. The monoisotopic (exact) mass is 443 g/mol. The average Bonchev–Trinajstić information content (AvgIpc) is 3.47. The van der Waals surface area contributed by atoms with Gasteiger partial charge in [0.15, 0.2) is 0 Å². The zero-order valence-corrected chi connectivity index (χ0v) is 18.6. The highest BCUT2D eigenvalue weighted by atomic mass is 32.2. The molecule has 1 heterocycles. The van der Waals surface area contributed by atoms with Gasteiger partial charge in [0.25, 0.3) is 0 Å². The zero-order chi connectivity index (χ0) is 22.3. The number of esters is 1. The lowest BCUT2D eigenvalue weighted by Gasteiger charge is -2.22. The van der Waals surface area contributed by atoms with Gasteiger partial charge in [0.05, 0.1) is 0 Å². The number of benzene rings is 2. The number of hydrogen-bond acceptors (Lipinski definition) is 6. The van der Waals surface area contributed by atoms with E-state index in [1.165, 1.54) is 35.7 Å². The van der Waals surface area contributed by atoms with E-state index in [-0.39, 0.29) is 13.0 Å². The van der Waals surface area contributed by atoms with Gasteiger partial charge in [-0.05, 0) is 65.5 Å². The minimum atomic E-state index is -2.01. The Morgan fingerprint density at radius 1 is 1.13 bits per heavy atom. The van der Waals surface area contributed by atoms with Crippen molar-refractivity contribution >= 4 is 23.7 Å². The number of fused-ring (bicyclic) bond motifs is 3. The summed E-state index contributed by atoms with van der Waals surface area (Å²) >= 11 is 1.44. The lowest BCUT2D eigenvalue weighted by atomic mass is 9.98. The Labute approximate surface area is 187 Å². The molecule has 4 rings (SSSR count). The summed E-state index contributed by atoms with van der Waals surface area (Å²) in [7, 11) is 0. The lowest BCUT2D eigenvalue weighted by Crippen LogP contribution is -2.56. The third kappa shape index (κ3) is 5.47. The average molecular weight is 444 g/mol. The predicted molar refractivity (Wildman–Crippen MR) is 122 cm³/mol. The number of aliphatic carboxylic acids is 1. The Bertz CT molecular complexity index is 920. The van der Waals surface area contributed by atoms with Crippen LogP contribution in [0.25, 0.3) is 11.1 Å². The molecule has 0 amide bonds. The smallest absolute Gasteiger partial charge is 0.338 e. The number of carboxylic acids is 1. The minimum absolute atomic E-state index is 0.0154. The van der Waals surface area contributed by atoms with Crippen LogP contribution in [0, 0.1) is 0 Å². The molecule has 6 nitrogen and oxygen atoms in total. The molecule has 1 saturated heterocycles. The van der Waals surface area contributed by atoms with Crippen LogP contribution in [0.4, 0.5) is 0 Å². The van der Waals surface area contributed by atoms with Crippen LogP contribution in [0.5, 0.6) is 0 Å². The number of carbonyl (C=O) groups excluding carboxylic acids is 1. The second-order valence-corrected chi connectivity index (χ2v) is 8.68. The van der Waals surface area contributed by atoms with Crippen LogP contribution >= 0.6 is 11.8 Å². The summed E-state index contributed by atoms with van der Waals surface area (Å²) in [5.41, 5.74) is 9.37. The first-order valence-electron chi connectivity index (χ1n) is 10.4. The molecule has 1 fully saturated rings. The van der Waals surface area contributed by atoms with Crippen molar-refractivity contribution in [3.8, 4) is 11.1 Å². The standard InChI is InChI=1S/C20H21NO4S.C4H8O/c1-26-10-9-20(21,18(22)23)19(24)25-12-14-6-4-8-16-15-7-3-2-5-13(15)11-17(14)16;1-2-4-5-3-1/h2-8H,9-12,21H2,1H3,(H,22,23);1-4H2. The lowest BCUT2D eigenvalue weighted by molar-refractivity contribution is -0.162. The van der Waals surface area contributed by atoms with Crippen molar-refractivity contribution < 1.29 is 24.2 Å². The van der Waals surface area contributed by atoms with Gasteiger partial charge in [-0.25, -0.2) is 9.59 Å². The first kappa shape index (κ1) is 23.3. The van der Waals surface area contributed by atoms with E-state index in [9.17, 15) is 14.7 Å². The van der Waals surface area contributed by atoms with Crippen molar-refractivity contribution in [2.24, 2.45) is 5.73 Å². The van der Waals surface area contributed by atoms with Crippen molar-refractivity contribution in [1.82, 2.24) is 0 Å². The molecule has 0 aromatic heterocycles. The summed E-state index contributed by atoms with van der Waals surface area (Å²) in [6.07, 6.45) is 5.19. The Hall–Kier alpha value is -2.35. The van der Waals surface area contributed by atoms with Gasteiger partial charge >= 0.3 is 11.9 Å². The Morgan fingerprint density at radius 3 is 2.48 bits per heavy atom. The fraction of sp³-hybridized carbons (Fsp3) is 0.417. The molecule has 0 spiro atoms. The maximum atomic E-state index is 12.4. The first-order valence-corrected chi connectivity index (χ1v) is 11.8. The maximum absolute atomic E-state index is 12.4. The van der Waals surface area contributed by atoms with E-state index in [4.69, 9.17) is 15.2 Å². The minimum Gasteiger partial charge on any atom is -0.479 e. The fourth-order valence-corrected chi connectivity index (χ4v) is 4.23. The summed E-state index contributed by atoms with van der Waals surface area (Å²) in [6, 6.07) is 14.0. The molecule has 0 bridgehead atoms. The summed E-state index contributed by atoms with van der Waals surface area (Å²) < 4.78 is 10.3. The Kier molecular flexibility index (Phi) is 8.12. The van der Waals surface area contributed by atoms with E-state index in [1.54, 1.807) is 0 Å².